The number of hydrazine groups is 1. The van der Waals surface area contributed by atoms with Crippen molar-refractivity contribution in [1.82, 2.24) is 10.4 Å². The SMILES string of the molecule is CCOC(=O)NN(C(=O)OCC)[C@@]1(Cc2ccccc2)C(=O)N(c2ccccc2)N=C1C. The fraction of sp³-hybridized carbons (Fsp3) is 0.304. The fourth-order valence-electron chi connectivity index (χ4n) is 3.52. The maximum absolute atomic E-state index is 13.9. The van der Waals surface area contributed by atoms with Gasteiger partial charge < -0.3 is 9.47 Å². The van der Waals surface area contributed by atoms with Gasteiger partial charge in [0.15, 0.2) is 5.54 Å². The molecule has 1 aliphatic rings. The van der Waals surface area contributed by atoms with E-state index in [0.29, 0.717) is 11.4 Å². The standard InChI is InChI=1S/C23H26N4O5/c1-4-31-21(29)25-27(22(30)32-5-2)23(16-18-12-8-6-9-13-18)17(3)24-26(20(23)28)19-14-10-7-11-15-19/h6-15H,4-5,16H2,1-3H3,(H,25,29)/t23-/m1/s1. The minimum absolute atomic E-state index is 0.0496. The number of anilines is 1. The van der Waals surface area contributed by atoms with Crippen LogP contribution < -0.4 is 10.4 Å². The number of nitrogens with one attached hydrogen (secondary N) is 1. The first-order chi connectivity index (χ1) is 15.4. The molecular formula is C23H26N4O5. The van der Waals surface area contributed by atoms with Gasteiger partial charge in [-0.15, -0.1) is 0 Å². The molecule has 1 heterocycles. The zero-order valence-corrected chi connectivity index (χ0v) is 18.3. The van der Waals surface area contributed by atoms with Crippen molar-refractivity contribution < 1.29 is 23.9 Å². The van der Waals surface area contributed by atoms with E-state index in [2.05, 4.69) is 10.5 Å². The van der Waals surface area contributed by atoms with Crippen LogP contribution in [-0.4, -0.2) is 47.6 Å². The molecule has 9 heteroatoms. The molecule has 1 N–H and O–H groups in total. The van der Waals surface area contributed by atoms with Crippen LogP contribution in [0.15, 0.2) is 65.8 Å². The number of amides is 3. The van der Waals surface area contributed by atoms with Crippen LogP contribution in [0.25, 0.3) is 0 Å². The van der Waals surface area contributed by atoms with Gasteiger partial charge >= 0.3 is 12.2 Å². The number of hydrogen-bond acceptors (Lipinski definition) is 6. The normalized spacial score (nSPS) is 17.5. The quantitative estimate of drug-likeness (QED) is 0.696. The van der Waals surface area contributed by atoms with Crippen LogP contribution in [0.5, 0.6) is 0 Å². The fourth-order valence-corrected chi connectivity index (χ4v) is 3.52. The van der Waals surface area contributed by atoms with E-state index in [0.717, 1.165) is 10.6 Å². The Morgan fingerprint density at radius 3 is 2.19 bits per heavy atom. The van der Waals surface area contributed by atoms with Crippen molar-refractivity contribution in [2.24, 2.45) is 5.10 Å². The summed E-state index contributed by atoms with van der Waals surface area (Å²) in [4.78, 5) is 39.2. The Hall–Kier alpha value is -3.88. The highest BCUT2D eigenvalue weighted by atomic mass is 16.6. The second-order valence-electron chi connectivity index (χ2n) is 7.03. The van der Waals surface area contributed by atoms with Crippen molar-refractivity contribution in [2.45, 2.75) is 32.7 Å². The molecule has 0 radical (unpaired) electrons. The first-order valence-corrected chi connectivity index (χ1v) is 10.3. The van der Waals surface area contributed by atoms with Gasteiger partial charge in [-0.25, -0.2) is 15.0 Å². The summed E-state index contributed by atoms with van der Waals surface area (Å²) in [6, 6.07) is 18.0. The lowest BCUT2D eigenvalue weighted by Gasteiger charge is -2.38. The number of benzene rings is 2. The van der Waals surface area contributed by atoms with Crippen molar-refractivity contribution in [3.8, 4) is 0 Å². The molecule has 2 aromatic rings. The first-order valence-electron chi connectivity index (χ1n) is 10.3. The smallest absolute Gasteiger partial charge is 0.430 e. The molecule has 0 aromatic heterocycles. The zero-order chi connectivity index (χ0) is 23.1. The highest BCUT2D eigenvalue weighted by molar-refractivity contribution is 6.23. The van der Waals surface area contributed by atoms with Gasteiger partial charge in [0.1, 0.15) is 0 Å². The molecule has 0 unspecified atom stereocenters. The van der Waals surface area contributed by atoms with Crippen molar-refractivity contribution in [1.29, 1.82) is 0 Å². The largest absolute Gasteiger partial charge is 0.449 e. The van der Waals surface area contributed by atoms with E-state index >= 15 is 0 Å². The van der Waals surface area contributed by atoms with Crippen LogP contribution in [0, 0.1) is 0 Å². The summed E-state index contributed by atoms with van der Waals surface area (Å²) >= 11 is 0. The molecule has 9 nitrogen and oxygen atoms in total. The zero-order valence-electron chi connectivity index (χ0n) is 18.3. The van der Waals surface area contributed by atoms with E-state index in [9.17, 15) is 14.4 Å². The van der Waals surface area contributed by atoms with Gasteiger partial charge in [0, 0.05) is 6.42 Å². The second kappa shape index (κ2) is 9.95. The van der Waals surface area contributed by atoms with Crippen LogP contribution in [0.4, 0.5) is 15.3 Å². The Kier molecular flexibility index (Phi) is 7.09. The molecule has 1 atom stereocenters. The number of carbonyl (C=O) groups is 3. The third-order valence-corrected chi connectivity index (χ3v) is 5.01. The van der Waals surface area contributed by atoms with Gasteiger partial charge in [-0.1, -0.05) is 48.5 Å². The second-order valence-corrected chi connectivity index (χ2v) is 7.03. The molecule has 2 aromatic carbocycles. The van der Waals surface area contributed by atoms with E-state index in [1.807, 2.05) is 36.4 Å². The lowest BCUT2D eigenvalue weighted by Crippen LogP contribution is -2.68. The van der Waals surface area contributed by atoms with Crippen molar-refractivity contribution in [3.05, 3.63) is 66.2 Å². The molecule has 0 saturated heterocycles. The van der Waals surface area contributed by atoms with E-state index in [1.54, 1.807) is 45.0 Å². The Balaban J connectivity index is 2.12. The Bertz CT molecular complexity index is 996. The molecule has 1 aliphatic heterocycles. The maximum Gasteiger partial charge on any atom is 0.430 e. The summed E-state index contributed by atoms with van der Waals surface area (Å²) in [5.74, 6) is -0.505. The lowest BCUT2D eigenvalue weighted by atomic mass is 9.85. The van der Waals surface area contributed by atoms with Crippen molar-refractivity contribution in [2.75, 3.05) is 18.2 Å². The van der Waals surface area contributed by atoms with Gasteiger partial charge in [0.2, 0.25) is 0 Å². The van der Waals surface area contributed by atoms with Crippen LogP contribution in [-0.2, 0) is 20.7 Å². The van der Waals surface area contributed by atoms with Crippen molar-refractivity contribution in [3.63, 3.8) is 0 Å². The van der Waals surface area contributed by atoms with Crippen LogP contribution in [0.3, 0.4) is 0 Å². The van der Waals surface area contributed by atoms with Crippen LogP contribution >= 0.6 is 0 Å². The number of hydrogen-bond donors (Lipinski definition) is 1. The minimum atomic E-state index is -1.66. The molecule has 0 spiro atoms. The molecule has 3 rings (SSSR count). The maximum atomic E-state index is 13.9. The lowest BCUT2D eigenvalue weighted by molar-refractivity contribution is -0.126. The van der Waals surface area contributed by atoms with Crippen LogP contribution in [0.1, 0.15) is 26.3 Å². The highest BCUT2D eigenvalue weighted by Gasteiger charge is 2.57. The van der Waals surface area contributed by atoms with Gasteiger partial charge in [0.25, 0.3) is 5.91 Å². The van der Waals surface area contributed by atoms with E-state index in [-0.39, 0.29) is 19.6 Å². The molecule has 0 aliphatic carbocycles. The Labute approximate surface area is 186 Å². The van der Waals surface area contributed by atoms with Crippen molar-refractivity contribution >= 4 is 29.5 Å². The summed E-state index contributed by atoms with van der Waals surface area (Å²) in [5.41, 5.74) is 2.37. The monoisotopic (exact) mass is 438 g/mol. The molecular weight excluding hydrogens is 412 g/mol. The van der Waals surface area contributed by atoms with E-state index in [4.69, 9.17) is 9.47 Å². The minimum Gasteiger partial charge on any atom is -0.449 e. The first kappa shape index (κ1) is 22.8. The summed E-state index contributed by atoms with van der Waals surface area (Å²) in [6.07, 6.45) is -1.71. The van der Waals surface area contributed by atoms with Gasteiger partial charge in [-0.05, 0) is 38.5 Å². The molecule has 0 saturated carbocycles. The topological polar surface area (TPSA) is 101 Å². The average Bonchev–Trinajstić information content (AvgIpc) is 3.04. The predicted octanol–water partition coefficient (Wildman–Crippen LogP) is 3.51. The van der Waals surface area contributed by atoms with Gasteiger partial charge in [0.05, 0.1) is 24.6 Å². The van der Waals surface area contributed by atoms with E-state index < -0.39 is 23.6 Å². The number of nitrogens with zero attached hydrogens (tertiary/aromatic N) is 3. The molecule has 0 fully saturated rings. The third-order valence-electron chi connectivity index (χ3n) is 5.01. The summed E-state index contributed by atoms with van der Waals surface area (Å²) in [6.45, 7) is 5.05. The molecule has 32 heavy (non-hydrogen) atoms. The number of rotatable bonds is 6. The Morgan fingerprint density at radius 1 is 1.00 bits per heavy atom. The third kappa shape index (κ3) is 4.41. The van der Waals surface area contributed by atoms with Crippen LogP contribution in [0.2, 0.25) is 0 Å². The number of ether oxygens (including phenoxy) is 2. The average molecular weight is 438 g/mol. The number of carbonyl (C=O) groups excluding carboxylic acids is 3. The summed E-state index contributed by atoms with van der Waals surface area (Å²) in [5, 5.41) is 6.59. The number of para-hydroxylation sites is 1. The molecule has 3 amide bonds. The predicted molar refractivity (Wildman–Crippen MR) is 119 cm³/mol. The number of hydrazone groups is 1. The molecule has 0 bridgehead atoms. The Morgan fingerprint density at radius 2 is 1.59 bits per heavy atom. The van der Waals surface area contributed by atoms with Gasteiger partial charge in [-0.3, -0.25) is 4.79 Å². The highest BCUT2D eigenvalue weighted by Crippen LogP contribution is 2.34. The summed E-state index contributed by atoms with van der Waals surface area (Å²) in [7, 11) is 0. The summed E-state index contributed by atoms with van der Waals surface area (Å²) < 4.78 is 10.2. The van der Waals surface area contributed by atoms with E-state index in [1.165, 1.54) is 5.01 Å². The molecule has 168 valence electrons. The van der Waals surface area contributed by atoms with Gasteiger partial charge in [-0.2, -0.15) is 15.1 Å².